The Balaban J connectivity index is 1.52. The van der Waals surface area contributed by atoms with Crippen molar-refractivity contribution in [3.05, 3.63) is 30.3 Å². The number of carbonyl (C=O) groups is 7. The molecule has 45 heavy (non-hydrogen) atoms. The average molecular weight is 632 g/mol. The van der Waals surface area contributed by atoms with Crippen LogP contribution in [0, 0.1) is 0 Å². The minimum Gasteiger partial charge on any atom is -0.468 e. The molecule has 0 bridgehead atoms. The van der Waals surface area contributed by atoms with Crippen molar-refractivity contribution >= 4 is 47.1 Å². The Morgan fingerprint density at radius 3 is 1.80 bits per heavy atom. The van der Waals surface area contributed by atoms with Gasteiger partial charge in [0.25, 0.3) is 0 Å². The highest BCUT2D eigenvalue weighted by Gasteiger charge is 2.28. The average Bonchev–Trinajstić information content (AvgIpc) is 3.05. The van der Waals surface area contributed by atoms with E-state index in [0.29, 0.717) is 25.9 Å². The maximum absolute atomic E-state index is 12.6. The molecule has 248 valence electrons. The van der Waals surface area contributed by atoms with Gasteiger partial charge in [-0.25, -0.2) is 0 Å². The van der Waals surface area contributed by atoms with Gasteiger partial charge in [-0.05, 0) is 31.4 Å². The van der Waals surface area contributed by atoms with Crippen molar-refractivity contribution in [3.8, 4) is 0 Å². The minimum atomic E-state index is -0.634. The van der Waals surface area contributed by atoms with Gasteiger partial charge in [-0.15, -0.1) is 0 Å². The normalized spacial score (nSPS) is 13.2. The summed E-state index contributed by atoms with van der Waals surface area (Å²) in [5.74, 6) is -2.91. The number of hydrogen-bond donors (Lipinski definition) is 5. The molecule has 1 aromatic rings. The molecular formula is C30H45N7O8. The molecule has 1 aliphatic heterocycles. The number of anilines is 1. The van der Waals surface area contributed by atoms with Crippen molar-refractivity contribution in [1.82, 2.24) is 31.5 Å². The number of methoxy groups -OCH3 is 1. The Morgan fingerprint density at radius 1 is 0.756 bits per heavy atom. The highest BCUT2D eigenvalue weighted by atomic mass is 16.5. The molecule has 0 saturated carbocycles. The Bertz CT molecular complexity index is 1160. The molecule has 0 unspecified atom stereocenters. The van der Waals surface area contributed by atoms with Gasteiger partial charge in [-0.1, -0.05) is 25.1 Å². The summed E-state index contributed by atoms with van der Waals surface area (Å²) in [6.07, 6.45) is 2.70. The standard InChI is InChI=1S/C30H45N7O8/c1-3-29(43)37(22-8-5-4-6-9-22)23-12-15-36(16-13-23)17-14-31-24(38)10-7-11-25(39)32-18-26(40)33-19-27(41)34-20-28(42)35-21-30(44)45-2/h4-6,8-9,23H,3,7,10-21H2,1-2H3,(H,31,38)(H,32,39)(H,33,40)(H,34,41)(H,35,42). The summed E-state index contributed by atoms with van der Waals surface area (Å²) in [7, 11) is 1.17. The highest BCUT2D eigenvalue weighted by molar-refractivity contribution is 5.94. The Morgan fingerprint density at radius 2 is 1.27 bits per heavy atom. The predicted octanol–water partition coefficient (Wildman–Crippen LogP) is -1.18. The van der Waals surface area contributed by atoms with Crippen LogP contribution in [0.5, 0.6) is 0 Å². The fraction of sp³-hybridized carbons (Fsp3) is 0.567. The van der Waals surface area contributed by atoms with Crippen LogP contribution in [0.15, 0.2) is 30.3 Å². The van der Waals surface area contributed by atoms with Crippen LogP contribution in [0.2, 0.25) is 0 Å². The summed E-state index contributed by atoms with van der Waals surface area (Å²) in [5.41, 5.74) is 0.923. The first kappa shape index (κ1) is 36.7. The van der Waals surface area contributed by atoms with E-state index in [9.17, 15) is 33.6 Å². The number of piperidine rings is 1. The Hall–Kier alpha value is -4.53. The van der Waals surface area contributed by atoms with E-state index in [-0.39, 0.29) is 50.3 Å². The molecule has 0 aliphatic carbocycles. The molecule has 6 amide bonds. The maximum atomic E-state index is 12.6. The highest BCUT2D eigenvalue weighted by Crippen LogP contribution is 2.24. The number of nitrogens with zero attached hydrogens (tertiary/aromatic N) is 2. The first-order chi connectivity index (χ1) is 21.6. The number of para-hydroxylation sites is 1. The van der Waals surface area contributed by atoms with Crippen molar-refractivity contribution in [3.63, 3.8) is 0 Å². The molecule has 15 nitrogen and oxygen atoms in total. The third kappa shape index (κ3) is 14.7. The molecule has 0 aromatic heterocycles. The van der Waals surface area contributed by atoms with Crippen LogP contribution in [-0.2, 0) is 38.3 Å². The van der Waals surface area contributed by atoms with Crippen LogP contribution in [0.1, 0.15) is 45.4 Å². The molecule has 5 N–H and O–H groups in total. The summed E-state index contributed by atoms with van der Waals surface area (Å²) in [4.78, 5) is 87.1. The molecule has 0 atom stereocenters. The second-order valence-corrected chi connectivity index (χ2v) is 10.4. The Labute approximate surface area is 263 Å². The van der Waals surface area contributed by atoms with Crippen LogP contribution >= 0.6 is 0 Å². The van der Waals surface area contributed by atoms with Crippen LogP contribution in [-0.4, -0.2) is 112 Å². The molecule has 1 fully saturated rings. The fourth-order valence-corrected chi connectivity index (χ4v) is 4.63. The molecule has 0 radical (unpaired) electrons. The lowest BCUT2D eigenvalue weighted by molar-refractivity contribution is -0.141. The number of amides is 6. The van der Waals surface area contributed by atoms with Gasteiger partial charge >= 0.3 is 5.97 Å². The van der Waals surface area contributed by atoms with Crippen LogP contribution in [0.3, 0.4) is 0 Å². The number of rotatable bonds is 18. The van der Waals surface area contributed by atoms with Crippen LogP contribution < -0.4 is 31.5 Å². The number of ether oxygens (including phenoxy) is 1. The van der Waals surface area contributed by atoms with Gasteiger partial charge in [-0.3, -0.25) is 33.6 Å². The number of esters is 1. The zero-order valence-corrected chi connectivity index (χ0v) is 26.0. The summed E-state index contributed by atoms with van der Waals surface area (Å²) >= 11 is 0. The molecular weight excluding hydrogens is 586 g/mol. The molecule has 1 aromatic carbocycles. The third-order valence-corrected chi connectivity index (χ3v) is 7.08. The van der Waals surface area contributed by atoms with E-state index in [1.54, 1.807) is 0 Å². The van der Waals surface area contributed by atoms with Gasteiger partial charge in [0.1, 0.15) is 6.54 Å². The molecule has 1 aliphatic rings. The lowest BCUT2D eigenvalue weighted by atomic mass is 10.0. The number of likely N-dealkylation sites (tertiary alicyclic amines) is 1. The van der Waals surface area contributed by atoms with Gasteiger partial charge in [0, 0.05) is 57.2 Å². The van der Waals surface area contributed by atoms with E-state index in [1.807, 2.05) is 42.2 Å². The SMILES string of the molecule is CCC(=O)N(c1ccccc1)C1CCN(CCNC(=O)CCCC(=O)NCC(=O)NCC(=O)NCC(=O)NCC(=O)OC)CC1. The third-order valence-electron chi connectivity index (χ3n) is 7.08. The first-order valence-corrected chi connectivity index (χ1v) is 15.1. The maximum Gasteiger partial charge on any atom is 0.325 e. The number of nitrogens with one attached hydrogen (secondary N) is 5. The fourth-order valence-electron chi connectivity index (χ4n) is 4.63. The summed E-state index contributed by atoms with van der Waals surface area (Å²) in [5, 5.41) is 12.1. The molecule has 15 heteroatoms. The topological polar surface area (TPSA) is 195 Å². The van der Waals surface area contributed by atoms with Gasteiger partial charge in [0.2, 0.25) is 35.4 Å². The van der Waals surface area contributed by atoms with Crippen molar-refractivity contribution < 1.29 is 38.3 Å². The minimum absolute atomic E-state index is 0.0593. The van der Waals surface area contributed by atoms with Gasteiger partial charge in [0.15, 0.2) is 0 Å². The van der Waals surface area contributed by atoms with Gasteiger partial charge in [0.05, 0.1) is 26.7 Å². The van der Waals surface area contributed by atoms with Gasteiger partial charge in [-0.2, -0.15) is 0 Å². The smallest absolute Gasteiger partial charge is 0.325 e. The molecule has 2 rings (SSSR count). The second-order valence-electron chi connectivity index (χ2n) is 10.4. The number of carbonyl (C=O) groups excluding carboxylic acids is 7. The number of benzene rings is 1. The summed E-state index contributed by atoms with van der Waals surface area (Å²) in [6.45, 7) is 3.26. The zero-order chi connectivity index (χ0) is 33.0. The van der Waals surface area contributed by atoms with E-state index >= 15 is 0 Å². The summed E-state index contributed by atoms with van der Waals surface area (Å²) in [6, 6.07) is 9.88. The first-order valence-electron chi connectivity index (χ1n) is 15.1. The lowest BCUT2D eigenvalue weighted by Crippen LogP contribution is -2.48. The van der Waals surface area contributed by atoms with Gasteiger partial charge < -0.3 is 41.1 Å². The van der Waals surface area contributed by atoms with Crippen molar-refractivity contribution in [1.29, 1.82) is 0 Å². The van der Waals surface area contributed by atoms with Crippen LogP contribution in [0.25, 0.3) is 0 Å². The van der Waals surface area contributed by atoms with E-state index in [2.05, 4.69) is 36.2 Å². The lowest BCUT2D eigenvalue weighted by Gasteiger charge is -2.38. The largest absolute Gasteiger partial charge is 0.468 e. The molecule has 1 saturated heterocycles. The van der Waals surface area contributed by atoms with Crippen LogP contribution in [0.4, 0.5) is 5.69 Å². The monoisotopic (exact) mass is 631 g/mol. The quantitative estimate of drug-likeness (QED) is 0.124. The van der Waals surface area contributed by atoms with Crippen molar-refractivity contribution in [2.24, 2.45) is 0 Å². The Kier molecular flexibility index (Phi) is 16.6. The number of hydrogen-bond acceptors (Lipinski definition) is 9. The van der Waals surface area contributed by atoms with Crippen molar-refractivity contribution in [2.75, 3.05) is 64.4 Å². The second kappa shape index (κ2) is 20.4. The summed E-state index contributed by atoms with van der Waals surface area (Å²) < 4.78 is 4.37. The predicted molar refractivity (Wildman–Crippen MR) is 165 cm³/mol. The van der Waals surface area contributed by atoms with E-state index < -0.39 is 36.1 Å². The molecule has 1 heterocycles. The van der Waals surface area contributed by atoms with E-state index in [1.165, 1.54) is 7.11 Å². The molecule has 0 spiro atoms. The van der Waals surface area contributed by atoms with E-state index in [4.69, 9.17) is 0 Å². The van der Waals surface area contributed by atoms with Crippen molar-refractivity contribution in [2.45, 2.75) is 51.5 Å². The zero-order valence-electron chi connectivity index (χ0n) is 26.0. The van der Waals surface area contributed by atoms with E-state index in [0.717, 1.165) is 31.6 Å².